The molecule has 10 nitrogen and oxygen atoms in total. The first kappa shape index (κ1) is 30.7. The highest BCUT2D eigenvalue weighted by atomic mass is 32.2. The van der Waals surface area contributed by atoms with Crippen molar-refractivity contribution in [2.24, 2.45) is 0 Å². The van der Waals surface area contributed by atoms with Crippen LogP contribution < -0.4 is 10.6 Å². The summed E-state index contributed by atoms with van der Waals surface area (Å²) in [6.07, 6.45) is -0.140. The smallest absolute Gasteiger partial charge is 0.407 e. The van der Waals surface area contributed by atoms with Crippen molar-refractivity contribution >= 4 is 27.8 Å². The number of carbonyl (C=O) groups is 3. The number of nitrogens with zero attached hydrogens (tertiary/aromatic N) is 1. The van der Waals surface area contributed by atoms with Crippen LogP contribution in [-0.2, 0) is 30.7 Å². The number of benzene rings is 3. The van der Waals surface area contributed by atoms with Crippen molar-refractivity contribution < 1.29 is 32.6 Å². The molecular formula is C31H35N3O7S. The molecule has 4 rings (SSSR count). The predicted molar refractivity (Wildman–Crippen MR) is 159 cm³/mol. The fourth-order valence-corrected chi connectivity index (χ4v) is 5.77. The second-order valence-corrected chi connectivity index (χ2v) is 12.8. The van der Waals surface area contributed by atoms with E-state index in [-0.39, 0.29) is 25.5 Å². The van der Waals surface area contributed by atoms with Gasteiger partial charge in [0.1, 0.15) is 28.5 Å². The van der Waals surface area contributed by atoms with E-state index < -0.39 is 45.6 Å². The van der Waals surface area contributed by atoms with E-state index in [1.54, 1.807) is 7.05 Å². The molecule has 3 aromatic rings. The number of nitrogens with one attached hydrogen (secondary N) is 2. The van der Waals surface area contributed by atoms with Crippen molar-refractivity contribution in [3.05, 3.63) is 95.6 Å². The van der Waals surface area contributed by atoms with Gasteiger partial charge in [0.2, 0.25) is 5.91 Å². The molecule has 0 bridgehead atoms. The number of fused-ring (bicyclic) bond motifs is 3. The first-order chi connectivity index (χ1) is 20.0. The highest BCUT2D eigenvalue weighted by Gasteiger charge is 2.31. The van der Waals surface area contributed by atoms with Crippen molar-refractivity contribution in [1.29, 1.82) is 0 Å². The minimum atomic E-state index is -3.45. The van der Waals surface area contributed by atoms with Gasteiger partial charge in [-0.15, -0.1) is 0 Å². The zero-order valence-corrected chi connectivity index (χ0v) is 24.3. The largest absolute Gasteiger partial charge is 0.480 e. The Bertz CT molecular complexity index is 1480. The van der Waals surface area contributed by atoms with Crippen molar-refractivity contribution in [2.45, 2.75) is 31.0 Å². The molecule has 0 radical (unpaired) electrons. The fraction of sp³-hybridized carbons (Fsp3) is 0.323. The van der Waals surface area contributed by atoms with E-state index in [0.29, 0.717) is 6.54 Å². The van der Waals surface area contributed by atoms with Gasteiger partial charge >= 0.3 is 12.1 Å². The monoisotopic (exact) mass is 593 g/mol. The Balaban J connectivity index is 1.46. The Labute approximate surface area is 245 Å². The van der Waals surface area contributed by atoms with Gasteiger partial charge in [-0.1, -0.05) is 78.9 Å². The zero-order chi connectivity index (χ0) is 30.3. The summed E-state index contributed by atoms with van der Waals surface area (Å²) in [5.41, 5.74) is 5.22. The number of carboxylic acid groups (broad SMARTS) is 1. The van der Waals surface area contributed by atoms with Crippen LogP contribution in [0.15, 0.2) is 78.9 Å². The van der Waals surface area contributed by atoms with Gasteiger partial charge in [-0.05, 0) is 41.3 Å². The van der Waals surface area contributed by atoms with Crippen LogP contribution in [0.5, 0.6) is 0 Å². The molecule has 222 valence electrons. The molecule has 0 spiro atoms. The van der Waals surface area contributed by atoms with E-state index in [1.807, 2.05) is 83.8 Å². The third kappa shape index (κ3) is 8.17. The van der Waals surface area contributed by atoms with E-state index >= 15 is 0 Å². The molecule has 1 aliphatic carbocycles. The van der Waals surface area contributed by atoms with Gasteiger partial charge in [-0.2, -0.15) is 0 Å². The molecular weight excluding hydrogens is 558 g/mol. The first-order valence-electron chi connectivity index (χ1n) is 13.6. The van der Waals surface area contributed by atoms with Crippen LogP contribution in [-0.4, -0.2) is 80.7 Å². The third-order valence-corrected chi connectivity index (χ3v) is 8.11. The van der Waals surface area contributed by atoms with Crippen LogP contribution in [0.25, 0.3) is 11.1 Å². The fourth-order valence-electron chi connectivity index (χ4n) is 5.11. The average molecular weight is 594 g/mol. The van der Waals surface area contributed by atoms with E-state index in [4.69, 9.17) is 4.74 Å². The maximum absolute atomic E-state index is 13.3. The molecule has 2 atom stereocenters. The molecule has 11 heteroatoms. The second kappa shape index (κ2) is 13.6. The van der Waals surface area contributed by atoms with Gasteiger partial charge in [0, 0.05) is 25.3 Å². The van der Waals surface area contributed by atoms with Crippen LogP contribution in [0.4, 0.5) is 4.79 Å². The summed E-state index contributed by atoms with van der Waals surface area (Å²) in [5.74, 6) is -2.72. The van der Waals surface area contributed by atoms with Gasteiger partial charge in [0.15, 0.2) is 0 Å². The quantitative estimate of drug-likeness (QED) is 0.275. The van der Waals surface area contributed by atoms with Gasteiger partial charge in [-0.3, -0.25) is 9.69 Å². The molecule has 0 saturated heterocycles. The summed E-state index contributed by atoms with van der Waals surface area (Å²) >= 11 is 0. The summed E-state index contributed by atoms with van der Waals surface area (Å²) in [4.78, 5) is 39.9. The third-order valence-electron chi connectivity index (χ3n) is 7.13. The Morgan fingerprint density at radius 3 is 2.02 bits per heavy atom. The lowest BCUT2D eigenvalue weighted by Crippen LogP contribution is -2.55. The first-order valence-corrected chi connectivity index (χ1v) is 15.6. The number of carbonyl (C=O) groups excluding carboxylic acids is 2. The Hall–Kier alpha value is -4.22. The Kier molecular flexibility index (Phi) is 9.97. The molecule has 0 fully saturated rings. The number of carboxylic acids is 1. The average Bonchev–Trinajstić information content (AvgIpc) is 3.27. The highest BCUT2D eigenvalue weighted by Crippen LogP contribution is 2.44. The number of ether oxygens (including phenoxy) is 1. The number of alkyl carbamates (subject to hydrolysis) is 1. The minimum absolute atomic E-state index is 0.0418. The van der Waals surface area contributed by atoms with Crippen molar-refractivity contribution in [3.63, 3.8) is 0 Å². The number of amides is 2. The number of rotatable bonds is 13. The molecule has 0 aromatic heterocycles. The van der Waals surface area contributed by atoms with E-state index in [2.05, 4.69) is 10.6 Å². The van der Waals surface area contributed by atoms with Crippen LogP contribution in [0.1, 0.15) is 29.0 Å². The summed E-state index contributed by atoms with van der Waals surface area (Å²) in [6.45, 7) is 0.553. The SMILES string of the molecule is CN(Cc1ccccc1)CC(NC(=O)OCC1c2ccccc2-c2ccccc21)C(=O)NC(CCS(C)(=O)=O)C(=O)O. The van der Waals surface area contributed by atoms with Gasteiger partial charge < -0.3 is 20.5 Å². The van der Waals surface area contributed by atoms with Crippen molar-refractivity contribution in [3.8, 4) is 11.1 Å². The van der Waals surface area contributed by atoms with Crippen molar-refractivity contribution in [1.82, 2.24) is 15.5 Å². The minimum Gasteiger partial charge on any atom is -0.480 e. The van der Waals surface area contributed by atoms with Gasteiger partial charge in [0.25, 0.3) is 0 Å². The topological polar surface area (TPSA) is 142 Å². The van der Waals surface area contributed by atoms with Crippen LogP contribution in [0.2, 0.25) is 0 Å². The molecule has 2 amide bonds. The Morgan fingerprint density at radius 1 is 0.881 bits per heavy atom. The summed E-state index contributed by atoms with van der Waals surface area (Å²) < 4.78 is 28.8. The summed E-state index contributed by atoms with van der Waals surface area (Å²) in [5, 5.41) is 14.6. The molecule has 42 heavy (non-hydrogen) atoms. The highest BCUT2D eigenvalue weighted by molar-refractivity contribution is 7.90. The van der Waals surface area contributed by atoms with Gasteiger partial charge in [0.05, 0.1) is 5.75 Å². The standard InChI is InChI=1S/C31H35N3O7S/c1-34(18-21-10-4-3-5-11-21)19-28(29(35)32-27(30(36)37)16-17-42(2,39)40)33-31(38)41-20-26-24-14-8-6-12-22(24)23-13-7-9-15-25(23)26/h3-15,26-28H,16-20H2,1-2H3,(H,32,35)(H,33,38)(H,36,37). The number of hydrogen-bond acceptors (Lipinski definition) is 7. The molecule has 3 N–H and O–H groups in total. The lowest BCUT2D eigenvalue weighted by Gasteiger charge is -2.26. The molecule has 0 heterocycles. The van der Waals surface area contributed by atoms with Crippen molar-refractivity contribution in [2.75, 3.05) is 32.2 Å². The van der Waals surface area contributed by atoms with Gasteiger partial charge in [-0.25, -0.2) is 18.0 Å². The van der Waals surface area contributed by atoms with Crippen LogP contribution in [0, 0.1) is 0 Å². The second-order valence-electron chi connectivity index (χ2n) is 10.5. The van der Waals surface area contributed by atoms with Crippen LogP contribution in [0.3, 0.4) is 0 Å². The predicted octanol–water partition coefficient (Wildman–Crippen LogP) is 3.03. The maximum atomic E-state index is 13.3. The number of likely N-dealkylation sites (N-methyl/N-ethyl adjacent to an activating group) is 1. The normalized spacial score (nSPS) is 14.0. The summed E-state index contributed by atoms with van der Waals surface area (Å²) in [6, 6.07) is 22.7. The lowest BCUT2D eigenvalue weighted by molar-refractivity contribution is -0.142. The molecule has 1 aliphatic rings. The lowest BCUT2D eigenvalue weighted by atomic mass is 9.98. The Morgan fingerprint density at radius 2 is 1.45 bits per heavy atom. The van der Waals surface area contributed by atoms with E-state index in [1.165, 1.54) is 0 Å². The number of sulfone groups is 1. The zero-order valence-electron chi connectivity index (χ0n) is 23.5. The summed E-state index contributed by atoms with van der Waals surface area (Å²) in [7, 11) is -1.68. The molecule has 0 saturated carbocycles. The van der Waals surface area contributed by atoms with E-state index in [9.17, 15) is 27.9 Å². The molecule has 0 aliphatic heterocycles. The van der Waals surface area contributed by atoms with E-state index in [0.717, 1.165) is 34.1 Å². The van der Waals surface area contributed by atoms with Crippen LogP contribution >= 0.6 is 0 Å². The number of hydrogen-bond donors (Lipinski definition) is 3. The maximum Gasteiger partial charge on any atom is 0.407 e. The molecule has 3 aromatic carbocycles. The molecule has 2 unspecified atom stereocenters. The number of aliphatic carboxylic acids is 1.